The lowest BCUT2D eigenvalue weighted by Crippen LogP contribution is -2.42. The smallest absolute Gasteiger partial charge is 0.200 e. The van der Waals surface area contributed by atoms with E-state index in [1.165, 1.54) is 12.1 Å². The van der Waals surface area contributed by atoms with Gasteiger partial charge in [0.1, 0.15) is 6.10 Å². The van der Waals surface area contributed by atoms with Crippen LogP contribution < -0.4 is 10.1 Å². The van der Waals surface area contributed by atoms with Gasteiger partial charge in [-0.2, -0.15) is 4.39 Å². The maximum atomic E-state index is 13.5. The quantitative estimate of drug-likeness (QED) is 0.871. The maximum absolute atomic E-state index is 13.5. The van der Waals surface area contributed by atoms with Crippen LogP contribution in [-0.2, 0) is 0 Å². The molecule has 4 heteroatoms. The molecule has 18 heavy (non-hydrogen) atoms. The van der Waals surface area contributed by atoms with Crippen LogP contribution in [0.4, 0.5) is 8.78 Å². The van der Waals surface area contributed by atoms with Crippen molar-refractivity contribution in [3.8, 4) is 5.75 Å². The predicted octanol–water partition coefficient (Wildman–Crippen LogP) is 3.51. The van der Waals surface area contributed by atoms with Gasteiger partial charge in [0.15, 0.2) is 11.6 Å². The molecule has 0 bridgehead atoms. The Bertz CT molecular complexity index is 388. The van der Waals surface area contributed by atoms with Crippen LogP contribution in [0.2, 0.25) is 0 Å². The van der Waals surface area contributed by atoms with Gasteiger partial charge in [0.2, 0.25) is 5.82 Å². The molecule has 0 radical (unpaired) electrons. The van der Waals surface area contributed by atoms with Crippen molar-refractivity contribution in [2.45, 2.75) is 45.8 Å². The largest absolute Gasteiger partial charge is 0.486 e. The Balaban J connectivity index is 2.65. The second kappa shape index (κ2) is 6.14. The SMILES string of the molecule is CCC(CNC(C)(C)C)Oc1cccc(F)c1F. The van der Waals surface area contributed by atoms with Gasteiger partial charge < -0.3 is 10.1 Å². The summed E-state index contributed by atoms with van der Waals surface area (Å²) in [7, 11) is 0. The molecule has 0 heterocycles. The summed E-state index contributed by atoms with van der Waals surface area (Å²) in [6.45, 7) is 8.68. The van der Waals surface area contributed by atoms with Crippen molar-refractivity contribution in [2.24, 2.45) is 0 Å². The lowest BCUT2D eigenvalue weighted by atomic mass is 10.1. The molecule has 1 atom stereocenters. The molecule has 102 valence electrons. The van der Waals surface area contributed by atoms with Crippen LogP contribution in [0.1, 0.15) is 34.1 Å². The third kappa shape index (κ3) is 4.61. The molecule has 1 unspecified atom stereocenters. The third-order valence-corrected chi connectivity index (χ3v) is 2.53. The number of ether oxygens (including phenoxy) is 1. The Kier molecular flexibility index (Phi) is 5.08. The molecule has 1 aromatic carbocycles. The van der Waals surface area contributed by atoms with E-state index in [4.69, 9.17) is 4.74 Å². The summed E-state index contributed by atoms with van der Waals surface area (Å²) in [6.07, 6.45) is 0.541. The molecule has 0 aliphatic rings. The van der Waals surface area contributed by atoms with Gasteiger partial charge in [0.05, 0.1) is 0 Å². The van der Waals surface area contributed by atoms with E-state index in [-0.39, 0.29) is 17.4 Å². The number of rotatable bonds is 5. The van der Waals surface area contributed by atoms with Crippen LogP contribution in [-0.4, -0.2) is 18.2 Å². The molecule has 1 N–H and O–H groups in total. The molecule has 0 saturated heterocycles. The molecule has 0 aliphatic heterocycles. The minimum Gasteiger partial charge on any atom is -0.486 e. The summed E-state index contributed by atoms with van der Waals surface area (Å²) >= 11 is 0. The van der Waals surface area contributed by atoms with Crippen molar-refractivity contribution in [3.63, 3.8) is 0 Å². The third-order valence-electron chi connectivity index (χ3n) is 2.53. The zero-order chi connectivity index (χ0) is 13.8. The fourth-order valence-electron chi connectivity index (χ4n) is 1.44. The molecular formula is C14H21F2NO. The van der Waals surface area contributed by atoms with Gasteiger partial charge in [-0.15, -0.1) is 0 Å². The zero-order valence-electron chi connectivity index (χ0n) is 11.4. The van der Waals surface area contributed by atoms with E-state index in [9.17, 15) is 8.78 Å². The lowest BCUT2D eigenvalue weighted by molar-refractivity contribution is 0.172. The summed E-state index contributed by atoms with van der Waals surface area (Å²) in [6, 6.07) is 3.96. The number of halogens is 2. The van der Waals surface area contributed by atoms with Crippen molar-refractivity contribution < 1.29 is 13.5 Å². The highest BCUT2D eigenvalue weighted by molar-refractivity contribution is 5.25. The molecule has 0 fully saturated rings. The van der Waals surface area contributed by atoms with E-state index in [0.717, 1.165) is 12.5 Å². The topological polar surface area (TPSA) is 21.3 Å². The number of nitrogens with one attached hydrogen (secondary N) is 1. The number of hydrogen-bond donors (Lipinski definition) is 1. The molecule has 1 aromatic rings. The Morgan fingerprint density at radius 2 is 1.94 bits per heavy atom. The molecular weight excluding hydrogens is 236 g/mol. The van der Waals surface area contributed by atoms with E-state index in [1.54, 1.807) is 0 Å². The van der Waals surface area contributed by atoms with Crippen LogP contribution in [0.25, 0.3) is 0 Å². The Hall–Kier alpha value is -1.16. The minimum absolute atomic E-state index is 0.0300. The fourth-order valence-corrected chi connectivity index (χ4v) is 1.44. The minimum atomic E-state index is -0.924. The Labute approximate surface area is 107 Å². The average Bonchev–Trinajstić information content (AvgIpc) is 2.28. The van der Waals surface area contributed by atoms with Crippen LogP contribution in [0, 0.1) is 11.6 Å². The Morgan fingerprint density at radius 1 is 1.28 bits per heavy atom. The van der Waals surface area contributed by atoms with Gasteiger partial charge in [-0.3, -0.25) is 0 Å². The van der Waals surface area contributed by atoms with E-state index in [2.05, 4.69) is 5.32 Å². The molecule has 1 rings (SSSR count). The maximum Gasteiger partial charge on any atom is 0.200 e. The zero-order valence-corrected chi connectivity index (χ0v) is 11.4. The first kappa shape index (κ1) is 14.9. The van der Waals surface area contributed by atoms with Gasteiger partial charge in [-0.05, 0) is 39.3 Å². The van der Waals surface area contributed by atoms with Crippen molar-refractivity contribution in [3.05, 3.63) is 29.8 Å². The molecule has 0 spiro atoms. The summed E-state index contributed by atoms with van der Waals surface area (Å²) in [5.41, 5.74) is -0.0305. The normalized spacial score (nSPS) is 13.4. The average molecular weight is 257 g/mol. The van der Waals surface area contributed by atoms with E-state index >= 15 is 0 Å². The number of benzene rings is 1. The van der Waals surface area contributed by atoms with Crippen LogP contribution in [0.5, 0.6) is 5.75 Å². The summed E-state index contributed by atoms with van der Waals surface area (Å²) in [5, 5.41) is 3.29. The molecule has 2 nitrogen and oxygen atoms in total. The lowest BCUT2D eigenvalue weighted by Gasteiger charge is -2.25. The van der Waals surface area contributed by atoms with Crippen molar-refractivity contribution in [1.82, 2.24) is 5.32 Å². The first-order valence-corrected chi connectivity index (χ1v) is 6.19. The van der Waals surface area contributed by atoms with E-state index in [0.29, 0.717) is 6.54 Å². The monoisotopic (exact) mass is 257 g/mol. The highest BCUT2D eigenvalue weighted by atomic mass is 19.2. The molecule has 0 aliphatic carbocycles. The summed E-state index contributed by atoms with van der Waals surface area (Å²) < 4.78 is 32.0. The fraction of sp³-hybridized carbons (Fsp3) is 0.571. The molecule has 0 aromatic heterocycles. The second-order valence-electron chi connectivity index (χ2n) is 5.33. The first-order valence-electron chi connectivity index (χ1n) is 6.19. The van der Waals surface area contributed by atoms with Gasteiger partial charge in [0, 0.05) is 12.1 Å². The van der Waals surface area contributed by atoms with Crippen molar-refractivity contribution in [2.75, 3.05) is 6.54 Å². The first-order chi connectivity index (χ1) is 8.33. The Morgan fingerprint density at radius 3 is 2.50 bits per heavy atom. The molecule has 0 amide bonds. The highest BCUT2D eigenvalue weighted by Crippen LogP contribution is 2.21. The van der Waals surface area contributed by atoms with Crippen LogP contribution >= 0.6 is 0 Å². The summed E-state index contributed by atoms with van der Waals surface area (Å²) in [5.74, 6) is -1.84. The van der Waals surface area contributed by atoms with Gasteiger partial charge in [-0.1, -0.05) is 13.0 Å². The molecule has 0 saturated carbocycles. The standard InChI is InChI=1S/C14H21F2NO/c1-5-10(9-17-14(2,3)4)18-12-8-6-7-11(15)13(12)16/h6-8,10,17H,5,9H2,1-4H3. The van der Waals surface area contributed by atoms with Gasteiger partial charge >= 0.3 is 0 Å². The van der Waals surface area contributed by atoms with Crippen molar-refractivity contribution >= 4 is 0 Å². The highest BCUT2D eigenvalue weighted by Gasteiger charge is 2.16. The van der Waals surface area contributed by atoms with Crippen LogP contribution in [0.3, 0.4) is 0 Å². The van der Waals surface area contributed by atoms with E-state index < -0.39 is 11.6 Å². The van der Waals surface area contributed by atoms with Gasteiger partial charge in [0.25, 0.3) is 0 Å². The second-order valence-corrected chi connectivity index (χ2v) is 5.33. The van der Waals surface area contributed by atoms with Crippen molar-refractivity contribution in [1.29, 1.82) is 0 Å². The summed E-state index contributed by atoms with van der Waals surface area (Å²) in [4.78, 5) is 0. The van der Waals surface area contributed by atoms with Crippen LogP contribution in [0.15, 0.2) is 18.2 Å². The number of hydrogen-bond acceptors (Lipinski definition) is 2. The van der Waals surface area contributed by atoms with Gasteiger partial charge in [-0.25, -0.2) is 4.39 Å². The predicted molar refractivity (Wildman–Crippen MR) is 68.8 cm³/mol. The van der Waals surface area contributed by atoms with E-state index in [1.807, 2.05) is 27.7 Å².